The molecule has 0 bridgehead atoms. The van der Waals surface area contributed by atoms with Crippen molar-refractivity contribution in [1.82, 2.24) is 0 Å². The van der Waals surface area contributed by atoms with Gasteiger partial charge in [0.05, 0.1) is 24.0 Å². The van der Waals surface area contributed by atoms with Crippen LogP contribution in [0.25, 0.3) is 0 Å². The number of Topliss-reactive ketones (excluding diaryl/α,β-unsaturated/α-hetero) is 2. The molecular formula is C52H60O14. The Bertz CT molecular complexity index is 2240. The van der Waals surface area contributed by atoms with Crippen LogP contribution in [-0.2, 0) is 47.8 Å². The molecule has 2 aliphatic rings. The SMILES string of the molecule is CC1=C(/C=C/C(C)=C/C=C/C(C)=C/C=C/C=C(C)/C=C/C=C(C)/C=C/C2=C(C)C(=O)C(OC(=O)/C=C(/CC(=O)O)C(=O)O)CC2(C)C)C(C)(C)CC(OC(=O)/C=C(/CC(=O)O)C(=O)O)C1=O. The molecule has 352 valence electrons. The zero-order chi connectivity index (χ0) is 50.1. The standard InChI is InChI=1S/C52H60O14/c1-31(17-13-19-33(3)21-23-39-35(5)47(59)41(29-51(39,7)8)65-45(57)27-37(49(61)62)25-43(53)54)15-11-12-16-32(2)18-14-20-34(4)22-24-40-36(6)48(60)42(30-52(40,9)10)66-46(58)28-38(50(63)64)26-44(55)56/h11-24,27-28,41-42H,25-26,29-30H2,1-10H3,(H,53,54)(H,55,56)(H,61,62)(H,63,64)/b12-11+,17-13+,18-14+,23-21+,24-22+,31-15+,32-16+,33-19+,34-20+,37-27-,38-28-. The Labute approximate surface area is 385 Å². The summed E-state index contributed by atoms with van der Waals surface area (Å²) >= 11 is 0. The van der Waals surface area contributed by atoms with Gasteiger partial charge < -0.3 is 29.9 Å². The van der Waals surface area contributed by atoms with Crippen molar-refractivity contribution in [2.24, 2.45) is 10.8 Å². The summed E-state index contributed by atoms with van der Waals surface area (Å²) in [5.74, 6) is -9.00. The second kappa shape index (κ2) is 24.7. The van der Waals surface area contributed by atoms with Crippen molar-refractivity contribution in [3.05, 3.63) is 153 Å². The maximum Gasteiger partial charge on any atom is 0.332 e. The second-order valence-electron chi connectivity index (χ2n) is 17.3. The minimum atomic E-state index is -1.57. The predicted octanol–water partition coefficient (Wildman–Crippen LogP) is 8.98. The van der Waals surface area contributed by atoms with Crippen molar-refractivity contribution >= 4 is 47.4 Å². The highest BCUT2D eigenvalue weighted by atomic mass is 16.6. The lowest BCUT2D eigenvalue weighted by atomic mass is 9.71. The average Bonchev–Trinajstić information content (AvgIpc) is 3.19. The number of hydrogen-bond acceptors (Lipinski definition) is 10. The number of carbonyl (C=O) groups is 8. The van der Waals surface area contributed by atoms with E-state index in [2.05, 4.69) is 0 Å². The highest BCUT2D eigenvalue weighted by molar-refractivity contribution is 6.04. The van der Waals surface area contributed by atoms with E-state index < -0.39 is 94.4 Å². The van der Waals surface area contributed by atoms with Gasteiger partial charge in [-0.3, -0.25) is 19.2 Å². The van der Waals surface area contributed by atoms with Crippen molar-refractivity contribution < 1.29 is 68.3 Å². The monoisotopic (exact) mass is 908 g/mol. The molecule has 2 atom stereocenters. The number of carboxylic acid groups (broad SMARTS) is 4. The average molecular weight is 909 g/mol. The zero-order valence-corrected chi connectivity index (χ0v) is 39.1. The molecule has 0 aromatic rings. The second-order valence-corrected chi connectivity index (χ2v) is 17.3. The third kappa shape index (κ3) is 17.7. The molecule has 66 heavy (non-hydrogen) atoms. The first kappa shape index (κ1) is 54.9. The fourth-order valence-corrected chi connectivity index (χ4v) is 7.09. The van der Waals surface area contributed by atoms with E-state index in [1.165, 1.54) is 0 Å². The number of ether oxygens (including phenoxy) is 2. The van der Waals surface area contributed by atoms with E-state index in [1.54, 1.807) is 13.8 Å². The van der Waals surface area contributed by atoms with Crippen LogP contribution in [0.2, 0.25) is 0 Å². The summed E-state index contributed by atoms with van der Waals surface area (Å²) in [6, 6.07) is 0. The van der Waals surface area contributed by atoms with E-state index in [0.717, 1.165) is 33.4 Å². The highest BCUT2D eigenvalue weighted by Crippen LogP contribution is 2.42. The van der Waals surface area contributed by atoms with Gasteiger partial charge in [-0.1, -0.05) is 135 Å². The van der Waals surface area contributed by atoms with Crippen molar-refractivity contribution in [1.29, 1.82) is 0 Å². The molecule has 4 N–H and O–H groups in total. The third-order valence-electron chi connectivity index (χ3n) is 10.6. The van der Waals surface area contributed by atoms with Crippen molar-refractivity contribution in [2.75, 3.05) is 0 Å². The smallest absolute Gasteiger partial charge is 0.332 e. The van der Waals surface area contributed by atoms with E-state index in [1.807, 2.05) is 140 Å². The summed E-state index contributed by atoms with van der Waals surface area (Å²) in [5, 5.41) is 36.2. The Hall–Kier alpha value is -7.22. The van der Waals surface area contributed by atoms with Crippen LogP contribution < -0.4 is 0 Å². The van der Waals surface area contributed by atoms with Crippen LogP contribution in [0.5, 0.6) is 0 Å². The van der Waals surface area contributed by atoms with Crippen LogP contribution in [-0.4, -0.2) is 80.0 Å². The number of carbonyl (C=O) groups excluding carboxylic acids is 4. The minimum Gasteiger partial charge on any atom is -0.481 e. The third-order valence-corrected chi connectivity index (χ3v) is 10.6. The fraction of sp³-hybridized carbons (Fsp3) is 0.346. The molecule has 14 heteroatoms. The van der Waals surface area contributed by atoms with Gasteiger partial charge >= 0.3 is 35.8 Å². The molecule has 14 nitrogen and oxygen atoms in total. The summed E-state index contributed by atoms with van der Waals surface area (Å²) in [4.78, 5) is 95.6. The van der Waals surface area contributed by atoms with Crippen LogP contribution >= 0.6 is 0 Å². The van der Waals surface area contributed by atoms with Gasteiger partial charge in [0.25, 0.3) is 0 Å². The number of allylic oxidation sites excluding steroid dienone is 20. The Morgan fingerprint density at radius 3 is 1.14 bits per heavy atom. The van der Waals surface area contributed by atoms with Gasteiger partial charge in [-0.25, -0.2) is 19.2 Å². The number of hydrogen-bond donors (Lipinski definition) is 4. The summed E-state index contributed by atoms with van der Waals surface area (Å²) in [7, 11) is 0. The summed E-state index contributed by atoms with van der Waals surface area (Å²) < 4.78 is 10.6. The van der Waals surface area contributed by atoms with Gasteiger partial charge in [0.15, 0.2) is 23.8 Å². The van der Waals surface area contributed by atoms with E-state index in [-0.39, 0.29) is 12.8 Å². The first-order chi connectivity index (χ1) is 30.6. The molecule has 2 aliphatic carbocycles. The number of aliphatic carboxylic acids is 4. The maximum atomic E-state index is 13.1. The van der Waals surface area contributed by atoms with Gasteiger partial charge in [0.2, 0.25) is 0 Å². The number of carboxylic acids is 4. The Morgan fingerprint density at radius 2 is 0.833 bits per heavy atom. The van der Waals surface area contributed by atoms with E-state index >= 15 is 0 Å². The first-order valence-electron chi connectivity index (χ1n) is 21.0. The van der Waals surface area contributed by atoms with Gasteiger partial charge in [-0.15, -0.1) is 0 Å². The van der Waals surface area contributed by atoms with Crippen molar-refractivity contribution in [3.8, 4) is 0 Å². The lowest BCUT2D eigenvalue weighted by Gasteiger charge is -2.36. The maximum absolute atomic E-state index is 13.1. The fourth-order valence-electron chi connectivity index (χ4n) is 7.09. The van der Waals surface area contributed by atoms with Crippen LogP contribution in [0.4, 0.5) is 0 Å². The molecule has 0 heterocycles. The molecule has 2 rings (SSSR count). The zero-order valence-electron chi connectivity index (χ0n) is 39.1. The molecule has 0 saturated carbocycles. The Balaban J connectivity index is 2.03. The Kier molecular flexibility index (Phi) is 20.6. The van der Waals surface area contributed by atoms with Gasteiger partial charge in [-0.05, 0) is 74.7 Å². The number of esters is 2. The lowest BCUT2D eigenvalue weighted by molar-refractivity contribution is -0.151. The summed E-state index contributed by atoms with van der Waals surface area (Å²) in [6.45, 7) is 18.7. The topological polar surface area (TPSA) is 236 Å². The van der Waals surface area contributed by atoms with Gasteiger partial charge in [-0.2, -0.15) is 0 Å². The predicted molar refractivity (Wildman–Crippen MR) is 249 cm³/mol. The molecule has 0 spiro atoms. The molecular weight excluding hydrogens is 849 g/mol. The Morgan fingerprint density at radius 1 is 0.530 bits per heavy atom. The van der Waals surface area contributed by atoms with E-state index in [4.69, 9.17) is 19.7 Å². The molecule has 0 aromatic heterocycles. The summed E-state index contributed by atoms with van der Waals surface area (Å²) in [6.07, 6.45) is 24.3. The normalized spacial score (nSPS) is 20.4. The van der Waals surface area contributed by atoms with Gasteiger partial charge in [0.1, 0.15) is 0 Å². The molecule has 2 unspecified atom stereocenters. The first-order valence-corrected chi connectivity index (χ1v) is 21.0. The van der Waals surface area contributed by atoms with Crippen LogP contribution in [0.15, 0.2) is 153 Å². The van der Waals surface area contributed by atoms with Crippen molar-refractivity contribution in [3.63, 3.8) is 0 Å². The van der Waals surface area contributed by atoms with E-state index in [9.17, 15) is 48.6 Å². The largest absolute Gasteiger partial charge is 0.481 e. The van der Waals surface area contributed by atoms with Crippen LogP contribution in [0, 0.1) is 10.8 Å². The van der Waals surface area contributed by atoms with Crippen LogP contribution in [0.1, 0.15) is 94.9 Å². The molecule has 0 fully saturated rings. The quantitative estimate of drug-likeness (QED) is 0.0507. The molecule has 0 saturated heterocycles. The molecule has 0 aliphatic heterocycles. The molecule has 0 radical (unpaired) electrons. The minimum absolute atomic E-state index is 0.154. The highest BCUT2D eigenvalue weighted by Gasteiger charge is 2.41. The molecule has 0 amide bonds. The van der Waals surface area contributed by atoms with Crippen molar-refractivity contribution in [2.45, 2.75) is 107 Å². The molecule has 0 aromatic carbocycles. The number of rotatable bonds is 20. The lowest BCUT2D eigenvalue weighted by Crippen LogP contribution is -2.38. The number of ketones is 2. The van der Waals surface area contributed by atoms with Crippen LogP contribution in [0.3, 0.4) is 0 Å². The summed E-state index contributed by atoms with van der Waals surface area (Å²) in [5.41, 5.74) is 3.74. The van der Waals surface area contributed by atoms with Gasteiger partial charge in [0, 0.05) is 25.0 Å². The van der Waals surface area contributed by atoms with E-state index in [0.29, 0.717) is 23.3 Å².